The molecule has 170 valence electrons. The third kappa shape index (κ3) is 7.14. The second-order valence-corrected chi connectivity index (χ2v) is 7.95. The molecule has 1 heterocycles. The molecular weight excluding hydrogens is 399 g/mol. The number of piperazine rings is 1. The molecule has 0 aromatic heterocycles. The second kappa shape index (κ2) is 11.0. The van der Waals surface area contributed by atoms with Crippen molar-refractivity contribution in [2.24, 2.45) is 5.92 Å². The molecule has 2 rings (SSSR count). The van der Waals surface area contributed by atoms with Crippen molar-refractivity contribution in [2.45, 2.75) is 33.0 Å². The van der Waals surface area contributed by atoms with Crippen LogP contribution in [0.15, 0.2) is 18.2 Å². The van der Waals surface area contributed by atoms with E-state index in [2.05, 4.69) is 24.1 Å². The molecule has 0 bridgehead atoms. The van der Waals surface area contributed by atoms with Gasteiger partial charge >= 0.3 is 6.18 Å². The van der Waals surface area contributed by atoms with Crippen molar-refractivity contribution in [2.75, 3.05) is 58.4 Å². The van der Waals surface area contributed by atoms with Crippen LogP contribution in [0.1, 0.15) is 26.3 Å². The predicted octanol–water partition coefficient (Wildman–Crippen LogP) is 3.33. The van der Waals surface area contributed by atoms with Crippen molar-refractivity contribution in [1.29, 1.82) is 0 Å². The SMILES string of the molecule is COCCOc1ccc(C(F)(F)F)cc1NC(=O)C(C)N1CCN(CC(C)C)CC1. The van der Waals surface area contributed by atoms with Gasteiger partial charge in [-0.1, -0.05) is 13.8 Å². The van der Waals surface area contributed by atoms with Gasteiger partial charge in [-0.05, 0) is 31.0 Å². The van der Waals surface area contributed by atoms with Crippen LogP contribution in [-0.2, 0) is 15.7 Å². The van der Waals surface area contributed by atoms with Crippen molar-refractivity contribution in [3.05, 3.63) is 23.8 Å². The lowest BCUT2D eigenvalue weighted by atomic mass is 10.1. The number of nitrogens with one attached hydrogen (secondary N) is 1. The van der Waals surface area contributed by atoms with E-state index in [-0.39, 0.29) is 30.6 Å². The van der Waals surface area contributed by atoms with Crippen molar-refractivity contribution in [3.8, 4) is 5.75 Å². The number of amides is 1. The number of carbonyl (C=O) groups excluding carboxylic acids is 1. The number of hydrogen-bond acceptors (Lipinski definition) is 5. The lowest BCUT2D eigenvalue weighted by Crippen LogP contribution is -2.53. The first-order chi connectivity index (χ1) is 14.1. The number of nitrogens with zero attached hydrogens (tertiary/aromatic N) is 2. The van der Waals surface area contributed by atoms with Crippen LogP contribution in [0.4, 0.5) is 18.9 Å². The van der Waals surface area contributed by atoms with Gasteiger partial charge in [-0.15, -0.1) is 0 Å². The summed E-state index contributed by atoms with van der Waals surface area (Å²) in [5.41, 5.74) is -0.830. The molecule has 1 saturated heterocycles. The van der Waals surface area contributed by atoms with Gasteiger partial charge in [0.25, 0.3) is 0 Å². The fourth-order valence-corrected chi connectivity index (χ4v) is 3.42. The Hall–Kier alpha value is -1.84. The second-order valence-electron chi connectivity index (χ2n) is 7.95. The minimum Gasteiger partial charge on any atom is -0.489 e. The Balaban J connectivity index is 2.06. The average molecular weight is 431 g/mol. The molecule has 9 heteroatoms. The zero-order valence-electron chi connectivity index (χ0n) is 18.1. The molecule has 30 heavy (non-hydrogen) atoms. The Morgan fingerprint density at radius 2 is 1.80 bits per heavy atom. The molecule has 6 nitrogen and oxygen atoms in total. The topological polar surface area (TPSA) is 54.0 Å². The van der Waals surface area contributed by atoms with Crippen LogP contribution in [0.25, 0.3) is 0 Å². The molecular formula is C21H32F3N3O3. The number of alkyl halides is 3. The fourth-order valence-electron chi connectivity index (χ4n) is 3.42. The average Bonchev–Trinajstić information content (AvgIpc) is 2.68. The standard InChI is InChI=1S/C21H32F3N3O3/c1-15(2)14-26-7-9-27(10-8-26)16(3)20(28)25-18-13-17(21(22,23)24)5-6-19(18)30-12-11-29-4/h5-6,13,15-16H,7-12,14H2,1-4H3,(H,25,28). The number of rotatable bonds is 9. The first-order valence-electron chi connectivity index (χ1n) is 10.2. The van der Waals surface area contributed by atoms with Gasteiger partial charge in [-0.2, -0.15) is 13.2 Å². The van der Waals surface area contributed by atoms with E-state index in [4.69, 9.17) is 9.47 Å². The van der Waals surface area contributed by atoms with Gasteiger partial charge in [0.1, 0.15) is 12.4 Å². The summed E-state index contributed by atoms with van der Waals surface area (Å²) in [4.78, 5) is 17.2. The van der Waals surface area contributed by atoms with E-state index >= 15 is 0 Å². The molecule has 1 N–H and O–H groups in total. The number of benzene rings is 1. The fraction of sp³-hybridized carbons (Fsp3) is 0.667. The quantitative estimate of drug-likeness (QED) is 0.608. The molecule has 1 amide bonds. The highest BCUT2D eigenvalue weighted by Gasteiger charge is 2.32. The van der Waals surface area contributed by atoms with Gasteiger partial charge in [0.15, 0.2) is 0 Å². The zero-order chi connectivity index (χ0) is 22.3. The van der Waals surface area contributed by atoms with E-state index in [1.54, 1.807) is 6.92 Å². The van der Waals surface area contributed by atoms with Crippen LogP contribution in [0.5, 0.6) is 5.75 Å². The van der Waals surface area contributed by atoms with E-state index in [0.29, 0.717) is 5.92 Å². The summed E-state index contributed by atoms with van der Waals surface area (Å²) in [7, 11) is 1.50. The maximum absolute atomic E-state index is 13.1. The molecule has 0 saturated carbocycles. The van der Waals surface area contributed by atoms with Crippen LogP contribution >= 0.6 is 0 Å². The van der Waals surface area contributed by atoms with Gasteiger partial charge in [-0.3, -0.25) is 9.69 Å². The van der Waals surface area contributed by atoms with E-state index in [1.165, 1.54) is 13.2 Å². The third-order valence-electron chi connectivity index (χ3n) is 5.07. The minimum absolute atomic E-state index is 0.0104. The monoisotopic (exact) mass is 431 g/mol. The molecule has 1 aromatic carbocycles. The molecule has 0 aliphatic carbocycles. The predicted molar refractivity (Wildman–Crippen MR) is 110 cm³/mol. The summed E-state index contributed by atoms with van der Waals surface area (Å²) in [5, 5.41) is 2.63. The van der Waals surface area contributed by atoms with Crippen molar-refractivity contribution in [3.63, 3.8) is 0 Å². The number of methoxy groups -OCH3 is 1. The molecule has 1 atom stereocenters. The van der Waals surface area contributed by atoms with Crippen LogP contribution in [0, 0.1) is 5.92 Å². The smallest absolute Gasteiger partial charge is 0.416 e. The van der Waals surface area contributed by atoms with Gasteiger partial charge in [-0.25, -0.2) is 0 Å². The molecule has 0 radical (unpaired) electrons. The molecule has 0 spiro atoms. The summed E-state index contributed by atoms with van der Waals surface area (Å²) >= 11 is 0. The maximum Gasteiger partial charge on any atom is 0.416 e. The minimum atomic E-state index is -4.51. The van der Waals surface area contributed by atoms with Crippen molar-refractivity contribution in [1.82, 2.24) is 9.80 Å². The molecule has 1 aromatic rings. The number of ether oxygens (including phenoxy) is 2. The lowest BCUT2D eigenvalue weighted by molar-refractivity contribution is -0.137. The Labute approximate surface area is 176 Å². The lowest BCUT2D eigenvalue weighted by Gasteiger charge is -2.38. The van der Waals surface area contributed by atoms with E-state index < -0.39 is 17.8 Å². The third-order valence-corrected chi connectivity index (χ3v) is 5.07. The van der Waals surface area contributed by atoms with Gasteiger partial charge in [0.2, 0.25) is 5.91 Å². The van der Waals surface area contributed by atoms with Crippen LogP contribution in [0.2, 0.25) is 0 Å². The summed E-state index contributed by atoms with van der Waals surface area (Å²) in [6.45, 7) is 10.8. The van der Waals surface area contributed by atoms with Gasteiger partial charge in [0, 0.05) is 39.8 Å². The van der Waals surface area contributed by atoms with E-state index in [1.807, 2.05) is 4.90 Å². The Kier molecular flexibility index (Phi) is 8.93. The van der Waals surface area contributed by atoms with Crippen molar-refractivity contribution < 1.29 is 27.4 Å². The number of carbonyl (C=O) groups is 1. The van der Waals surface area contributed by atoms with Gasteiger partial charge in [0.05, 0.1) is 23.9 Å². The van der Waals surface area contributed by atoms with Crippen LogP contribution < -0.4 is 10.1 Å². The first kappa shape index (κ1) is 24.4. The van der Waals surface area contributed by atoms with Crippen molar-refractivity contribution >= 4 is 11.6 Å². The highest BCUT2D eigenvalue weighted by atomic mass is 19.4. The summed E-state index contributed by atoms with van der Waals surface area (Å²) < 4.78 is 49.8. The zero-order valence-corrected chi connectivity index (χ0v) is 18.1. The number of anilines is 1. The Bertz CT molecular complexity index is 690. The largest absolute Gasteiger partial charge is 0.489 e. The molecule has 1 aliphatic rings. The molecule has 1 fully saturated rings. The molecule has 1 unspecified atom stereocenters. The first-order valence-corrected chi connectivity index (χ1v) is 10.2. The molecule has 1 aliphatic heterocycles. The Morgan fingerprint density at radius 3 is 2.37 bits per heavy atom. The summed E-state index contributed by atoms with van der Waals surface area (Å²) in [5.74, 6) is 0.403. The summed E-state index contributed by atoms with van der Waals surface area (Å²) in [6.07, 6.45) is -4.51. The maximum atomic E-state index is 13.1. The van der Waals surface area contributed by atoms with Crippen LogP contribution in [-0.4, -0.2) is 74.8 Å². The highest BCUT2D eigenvalue weighted by molar-refractivity contribution is 5.96. The summed E-state index contributed by atoms with van der Waals surface area (Å²) in [6, 6.07) is 2.61. The van der Waals surface area contributed by atoms with E-state index in [0.717, 1.165) is 44.9 Å². The Morgan fingerprint density at radius 1 is 1.13 bits per heavy atom. The number of halogens is 3. The highest BCUT2D eigenvalue weighted by Crippen LogP contribution is 2.35. The van der Waals surface area contributed by atoms with Crippen LogP contribution in [0.3, 0.4) is 0 Å². The normalized spacial score (nSPS) is 17.2. The number of hydrogen-bond donors (Lipinski definition) is 1. The van der Waals surface area contributed by atoms with E-state index in [9.17, 15) is 18.0 Å². The van der Waals surface area contributed by atoms with Gasteiger partial charge < -0.3 is 19.7 Å².